The van der Waals surface area contributed by atoms with E-state index in [0.29, 0.717) is 19.5 Å². The lowest BCUT2D eigenvalue weighted by Gasteiger charge is -2.27. The number of rotatable bonds is 8. The zero-order valence-electron chi connectivity index (χ0n) is 16.5. The number of pyridine rings is 1. The molecule has 1 heterocycles. The van der Waals surface area contributed by atoms with Crippen LogP contribution in [-0.2, 0) is 17.7 Å². The second-order valence-corrected chi connectivity index (χ2v) is 8.40. The van der Waals surface area contributed by atoms with Gasteiger partial charge in [0, 0.05) is 13.1 Å². The predicted molar refractivity (Wildman–Crippen MR) is 113 cm³/mol. The third kappa shape index (κ3) is 8.37. The molecule has 2 atom stereocenters. The van der Waals surface area contributed by atoms with E-state index in [1.165, 1.54) is 0 Å². The van der Waals surface area contributed by atoms with Gasteiger partial charge in [0.15, 0.2) is 0 Å². The summed E-state index contributed by atoms with van der Waals surface area (Å²) in [6.07, 6.45) is -0.834. The number of amides is 1. The largest absolute Gasteiger partial charge is 0.444 e. The maximum atomic E-state index is 12.2. The minimum Gasteiger partial charge on any atom is -0.444 e. The molecule has 0 aliphatic rings. The van der Waals surface area contributed by atoms with Crippen LogP contribution in [0.15, 0.2) is 53.1 Å². The van der Waals surface area contributed by atoms with E-state index in [0.717, 1.165) is 15.9 Å². The number of benzene rings is 1. The molecule has 0 unspecified atom stereocenters. The van der Waals surface area contributed by atoms with Crippen LogP contribution in [0, 0.1) is 0 Å². The summed E-state index contributed by atoms with van der Waals surface area (Å²) in [6, 6.07) is 14.9. The number of hydrogen-bond donors (Lipinski definition) is 3. The molecule has 0 saturated heterocycles. The summed E-state index contributed by atoms with van der Waals surface area (Å²) in [4.78, 5) is 16.6. The van der Waals surface area contributed by atoms with Gasteiger partial charge in [0.1, 0.15) is 10.2 Å². The molecular weight excluding hydrogens is 422 g/mol. The van der Waals surface area contributed by atoms with Gasteiger partial charge in [-0.3, -0.25) is 0 Å². The van der Waals surface area contributed by atoms with Crippen LogP contribution in [0.2, 0.25) is 0 Å². The molecular formula is C21H28BrN3O3. The molecule has 0 bridgehead atoms. The van der Waals surface area contributed by atoms with Crippen LogP contribution in [0.5, 0.6) is 0 Å². The van der Waals surface area contributed by atoms with Gasteiger partial charge in [-0.25, -0.2) is 9.78 Å². The van der Waals surface area contributed by atoms with Gasteiger partial charge in [-0.15, -0.1) is 0 Å². The number of aliphatic hydroxyl groups excluding tert-OH is 1. The third-order valence-electron chi connectivity index (χ3n) is 3.90. The molecule has 28 heavy (non-hydrogen) atoms. The number of hydrogen-bond acceptors (Lipinski definition) is 5. The van der Waals surface area contributed by atoms with Crippen molar-refractivity contribution in [2.45, 2.75) is 51.5 Å². The lowest BCUT2D eigenvalue weighted by Crippen LogP contribution is -2.49. The molecule has 0 saturated carbocycles. The molecule has 1 aromatic carbocycles. The Hall–Kier alpha value is -1.96. The van der Waals surface area contributed by atoms with Gasteiger partial charge in [0.2, 0.25) is 0 Å². The molecule has 7 heteroatoms. The summed E-state index contributed by atoms with van der Waals surface area (Å²) in [5, 5.41) is 16.7. The Labute approximate surface area is 174 Å². The summed E-state index contributed by atoms with van der Waals surface area (Å²) in [5.74, 6) is 0. The number of aliphatic hydroxyl groups is 1. The predicted octanol–water partition coefficient (Wildman–Crippen LogP) is 3.43. The first-order valence-corrected chi connectivity index (χ1v) is 10.1. The Bertz CT molecular complexity index is 750. The first-order valence-electron chi connectivity index (χ1n) is 9.26. The van der Waals surface area contributed by atoms with E-state index in [1.807, 2.05) is 69.3 Å². The van der Waals surface area contributed by atoms with E-state index in [4.69, 9.17) is 4.74 Å². The number of aromatic nitrogens is 1. The minimum absolute atomic E-state index is 0.307. The summed E-state index contributed by atoms with van der Waals surface area (Å²) in [5.41, 5.74) is 1.29. The molecule has 2 aromatic rings. The number of alkyl carbamates (subject to hydrolysis) is 1. The number of halogens is 1. The summed E-state index contributed by atoms with van der Waals surface area (Å²) in [6.45, 7) is 6.24. The van der Waals surface area contributed by atoms with Crippen molar-refractivity contribution in [3.8, 4) is 0 Å². The van der Waals surface area contributed by atoms with Gasteiger partial charge in [-0.2, -0.15) is 0 Å². The van der Waals surface area contributed by atoms with Crippen LogP contribution in [0.1, 0.15) is 32.0 Å². The van der Waals surface area contributed by atoms with E-state index in [-0.39, 0.29) is 0 Å². The first kappa shape index (κ1) is 22.3. The van der Waals surface area contributed by atoms with Crippen LogP contribution in [-0.4, -0.2) is 40.5 Å². The molecule has 0 aliphatic carbocycles. The Kier molecular flexibility index (Phi) is 8.41. The highest BCUT2D eigenvalue weighted by atomic mass is 79.9. The maximum absolute atomic E-state index is 12.2. The Morgan fingerprint density at radius 3 is 2.54 bits per heavy atom. The molecule has 0 aliphatic heterocycles. The topological polar surface area (TPSA) is 83.5 Å². The van der Waals surface area contributed by atoms with Crippen molar-refractivity contribution in [2.75, 3.05) is 6.54 Å². The van der Waals surface area contributed by atoms with Crippen molar-refractivity contribution < 1.29 is 14.6 Å². The highest BCUT2D eigenvalue weighted by Gasteiger charge is 2.24. The molecule has 0 fully saturated rings. The van der Waals surface area contributed by atoms with Gasteiger partial charge < -0.3 is 20.5 Å². The second kappa shape index (κ2) is 10.5. The average molecular weight is 450 g/mol. The number of carbonyl (C=O) groups excluding carboxylic acids is 1. The SMILES string of the molecule is CC(C)(C)OC(=O)N[C@@H](Cc1ccccc1)[C@H](O)CNCc1cccc(Br)n1. The van der Waals surface area contributed by atoms with Crippen molar-refractivity contribution in [3.63, 3.8) is 0 Å². The van der Waals surface area contributed by atoms with Crippen molar-refractivity contribution in [2.24, 2.45) is 0 Å². The van der Waals surface area contributed by atoms with E-state index >= 15 is 0 Å². The van der Waals surface area contributed by atoms with Gasteiger partial charge in [0.25, 0.3) is 0 Å². The van der Waals surface area contributed by atoms with Crippen LogP contribution < -0.4 is 10.6 Å². The molecule has 0 spiro atoms. The fourth-order valence-electron chi connectivity index (χ4n) is 2.65. The Morgan fingerprint density at radius 2 is 1.89 bits per heavy atom. The van der Waals surface area contributed by atoms with Crippen LogP contribution >= 0.6 is 15.9 Å². The number of nitrogens with one attached hydrogen (secondary N) is 2. The molecule has 3 N–H and O–H groups in total. The number of nitrogens with zero attached hydrogens (tertiary/aromatic N) is 1. The van der Waals surface area contributed by atoms with E-state index in [9.17, 15) is 9.90 Å². The van der Waals surface area contributed by atoms with Gasteiger partial charge in [-0.05, 0) is 60.8 Å². The maximum Gasteiger partial charge on any atom is 0.407 e. The average Bonchev–Trinajstić information content (AvgIpc) is 2.60. The van der Waals surface area contributed by atoms with Crippen molar-refractivity contribution in [1.82, 2.24) is 15.6 Å². The molecule has 6 nitrogen and oxygen atoms in total. The monoisotopic (exact) mass is 449 g/mol. The van der Waals surface area contributed by atoms with Gasteiger partial charge >= 0.3 is 6.09 Å². The Morgan fingerprint density at radius 1 is 1.18 bits per heavy atom. The normalized spacial score (nSPS) is 13.6. The van der Waals surface area contributed by atoms with E-state index < -0.39 is 23.8 Å². The van der Waals surface area contributed by atoms with Crippen molar-refractivity contribution >= 4 is 22.0 Å². The van der Waals surface area contributed by atoms with Crippen molar-refractivity contribution in [3.05, 3.63) is 64.4 Å². The van der Waals surface area contributed by atoms with Crippen LogP contribution in [0.4, 0.5) is 4.79 Å². The highest BCUT2D eigenvalue weighted by molar-refractivity contribution is 9.10. The molecule has 1 aromatic heterocycles. The minimum atomic E-state index is -0.792. The zero-order valence-corrected chi connectivity index (χ0v) is 18.1. The summed E-state index contributed by atoms with van der Waals surface area (Å²) in [7, 11) is 0. The summed E-state index contributed by atoms with van der Waals surface area (Å²) >= 11 is 3.34. The quantitative estimate of drug-likeness (QED) is 0.537. The fraction of sp³-hybridized carbons (Fsp3) is 0.429. The highest BCUT2D eigenvalue weighted by Crippen LogP contribution is 2.11. The summed E-state index contributed by atoms with van der Waals surface area (Å²) < 4.78 is 6.11. The molecule has 2 rings (SSSR count). The van der Waals surface area contributed by atoms with Crippen molar-refractivity contribution in [1.29, 1.82) is 0 Å². The molecule has 1 amide bonds. The van der Waals surface area contributed by atoms with E-state index in [1.54, 1.807) is 0 Å². The van der Waals surface area contributed by atoms with E-state index in [2.05, 4.69) is 31.5 Å². The standard InChI is InChI=1S/C21H28BrN3O3/c1-21(2,3)28-20(27)25-17(12-15-8-5-4-6-9-15)18(26)14-23-13-16-10-7-11-19(22)24-16/h4-11,17-18,23,26H,12-14H2,1-3H3,(H,25,27)/t17-,18+/m0/s1. The Balaban J connectivity index is 1.96. The van der Waals surface area contributed by atoms with Gasteiger partial charge in [0.05, 0.1) is 17.8 Å². The smallest absolute Gasteiger partial charge is 0.407 e. The lowest BCUT2D eigenvalue weighted by atomic mass is 10.0. The number of carbonyl (C=O) groups is 1. The van der Waals surface area contributed by atoms with Crippen LogP contribution in [0.3, 0.4) is 0 Å². The third-order valence-corrected chi connectivity index (χ3v) is 4.34. The molecule has 0 radical (unpaired) electrons. The fourth-order valence-corrected chi connectivity index (χ4v) is 3.03. The zero-order chi connectivity index (χ0) is 20.6. The first-order chi connectivity index (χ1) is 13.2. The van der Waals surface area contributed by atoms with Gasteiger partial charge in [-0.1, -0.05) is 36.4 Å². The molecule has 152 valence electrons. The number of ether oxygens (including phenoxy) is 1. The van der Waals surface area contributed by atoms with Crippen LogP contribution in [0.25, 0.3) is 0 Å². The second-order valence-electron chi connectivity index (χ2n) is 7.59. The lowest BCUT2D eigenvalue weighted by molar-refractivity contribution is 0.0422.